The average molecular weight is 630 g/mol. The highest BCUT2D eigenvalue weighted by atomic mass is 16.3. The fraction of sp³-hybridized carbons (Fsp3) is 0.0222. The minimum Gasteiger partial charge on any atom is -0.437 e. The predicted octanol–water partition coefficient (Wildman–Crippen LogP) is 11.6. The van der Waals surface area contributed by atoms with Gasteiger partial charge in [-0.1, -0.05) is 133 Å². The van der Waals surface area contributed by atoms with Gasteiger partial charge in [-0.25, -0.2) is 9.97 Å². The Bertz CT molecular complexity index is 2950. The molecular formula is C45H29N3O. The first-order valence-electron chi connectivity index (χ1n) is 17.4. The average Bonchev–Trinajstić information content (AvgIpc) is 3.74. The van der Waals surface area contributed by atoms with E-state index in [-0.39, 0.29) is 0 Å². The van der Waals surface area contributed by atoms with E-state index in [1.54, 1.807) is 18.2 Å². The van der Waals surface area contributed by atoms with Crippen LogP contribution >= 0.6 is 0 Å². The topological polar surface area (TPSA) is 43.9 Å². The molecule has 0 radical (unpaired) electrons. The fourth-order valence-corrected chi connectivity index (χ4v) is 7.11. The molecule has 10 aromatic rings. The molecule has 0 aliphatic rings. The van der Waals surface area contributed by atoms with Crippen molar-refractivity contribution in [3.8, 4) is 28.2 Å². The number of hydrogen-bond donors (Lipinski definition) is 0. The lowest BCUT2D eigenvalue weighted by atomic mass is 9.97. The zero-order valence-corrected chi connectivity index (χ0v) is 26.3. The van der Waals surface area contributed by atoms with Gasteiger partial charge in [-0.05, 0) is 57.6 Å². The number of benzene rings is 7. The number of pyridine rings is 1. The van der Waals surface area contributed by atoms with Gasteiger partial charge in [0, 0.05) is 36.5 Å². The normalized spacial score (nSPS) is 12.7. The molecule has 0 saturated carbocycles. The lowest BCUT2D eigenvalue weighted by Gasteiger charge is -2.18. The van der Waals surface area contributed by atoms with Gasteiger partial charge in [0.05, 0.1) is 22.3 Å². The number of para-hydroxylation sites is 1. The molecule has 0 amide bonds. The van der Waals surface area contributed by atoms with Gasteiger partial charge in [0.25, 0.3) is 0 Å². The van der Waals surface area contributed by atoms with Crippen LogP contribution < -0.4 is 0 Å². The smallest absolute Gasteiger partial charge is 0.227 e. The van der Waals surface area contributed by atoms with Crippen LogP contribution in [0.4, 0.5) is 0 Å². The van der Waals surface area contributed by atoms with E-state index in [1.807, 2.05) is 42.5 Å². The number of furan rings is 1. The van der Waals surface area contributed by atoms with E-state index in [0.29, 0.717) is 22.6 Å². The standard InChI is InChI=1S/C45H29N3O/c1-3-12-29(13-4-1)26-34-23-25-38-37-20-11-21-39(43(37)49-45(38)46-34)44-47-40-27-32-17-7-8-18-33(32)28-41(40)48(44)42-35-19-10-9-16-31(35)22-24-36(42)30-14-5-2-6-15-30/h1-25,27-28H,26H2/i26D2. The van der Waals surface area contributed by atoms with Gasteiger partial charge >= 0.3 is 0 Å². The summed E-state index contributed by atoms with van der Waals surface area (Å²) in [7, 11) is 0. The van der Waals surface area contributed by atoms with E-state index in [1.165, 1.54) is 0 Å². The Morgan fingerprint density at radius 1 is 0.551 bits per heavy atom. The van der Waals surface area contributed by atoms with Gasteiger partial charge in [0.15, 0.2) is 0 Å². The van der Waals surface area contributed by atoms with Gasteiger partial charge in [-0.15, -0.1) is 0 Å². The molecular weight excluding hydrogens is 599 g/mol. The van der Waals surface area contributed by atoms with Crippen molar-refractivity contribution in [2.75, 3.05) is 0 Å². The van der Waals surface area contributed by atoms with Crippen molar-refractivity contribution < 1.29 is 7.16 Å². The molecule has 0 unspecified atom stereocenters. The molecule has 0 aliphatic carbocycles. The molecule has 0 aliphatic heterocycles. The van der Waals surface area contributed by atoms with Crippen molar-refractivity contribution in [3.05, 3.63) is 175 Å². The largest absolute Gasteiger partial charge is 0.437 e. The summed E-state index contributed by atoms with van der Waals surface area (Å²) in [6.07, 6.45) is -1.80. The minimum atomic E-state index is -1.80. The van der Waals surface area contributed by atoms with Crippen LogP contribution in [0.5, 0.6) is 0 Å². The number of hydrogen-bond acceptors (Lipinski definition) is 3. The quantitative estimate of drug-likeness (QED) is 0.190. The monoisotopic (exact) mass is 629 g/mol. The predicted molar refractivity (Wildman–Crippen MR) is 201 cm³/mol. The van der Waals surface area contributed by atoms with E-state index in [9.17, 15) is 0 Å². The molecule has 0 bridgehead atoms. The molecule has 7 aromatic carbocycles. The Morgan fingerprint density at radius 2 is 1.27 bits per heavy atom. The van der Waals surface area contributed by atoms with E-state index in [4.69, 9.17) is 17.1 Å². The maximum absolute atomic E-state index is 8.95. The second-order valence-electron chi connectivity index (χ2n) is 12.3. The minimum absolute atomic E-state index is 0.295. The van der Waals surface area contributed by atoms with Gasteiger partial charge in [-0.3, -0.25) is 4.57 Å². The second kappa shape index (κ2) is 11.0. The molecule has 0 atom stereocenters. The SMILES string of the molecule is [2H]C([2H])(c1ccccc1)c1ccc2c(n1)oc1c(-c3nc4cc5ccccc5cc4n3-c3c(-c4ccccc4)ccc4ccccc34)cccc12. The van der Waals surface area contributed by atoms with Crippen LogP contribution in [-0.4, -0.2) is 14.5 Å². The molecule has 0 spiro atoms. The van der Waals surface area contributed by atoms with Crippen molar-refractivity contribution in [2.24, 2.45) is 0 Å². The Labute approximate surface area is 285 Å². The highest BCUT2D eigenvalue weighted by molar-refractivity contribution is 6.10. The molecule has 230 valence electrons. The summed E-state index contributed by atoms with van der Waals surface area (Å²) >= 11 is 0. The molecule has 3 aromatic heterocycles. The zero-order valence-electron chi connectivity index (χ0n) is 28.3. The van der Waals surface area contributed by atoms with E-state index in [2.05, 4.69) is 108 Å². The summed E-state index contributed by atoms with van der Waals surface area (Å²) < 4.78 is 26.8. The number of fused-ring (bicyclic) bond motifs is 6. The number of rotatable bonds is 5. The Balaban J connectivity index is 1.29. The van der Waals surface area contributed by atoms with Gasteiger partial charge in [0.2, 0.25) is 5.71 Å². The third-order valence-electron chi connectivity index (χ3n) is 9.38. The van der Waals surface area contributed by atoms with Gasteiger partial charge in [0.1, 0.15) is 11.4 Å². The second-order valence-corrected chi connectivity index (χ2v) is 12.3. The first-order valence-corrected chi connectivity index (χ1v) is 16.4. The summed E-state index contributed by atoms with van der Waals surface area (Å²) in [6.45, 7) is 0. The van der Waals surface area contributed by atoms with Crippen LogP contribution in [0.1, 0.15) is 14.0 Å². The summed E-state index contributed by atoms with van der Waals surface area (Å²) in [5.74, 6) is 0.748. The van der Waals surface area contributed by atoms with Crippen LogP contribution in [0.3, 0.4) is 0 Å². The number of imidazole rings is 1. The summed E-state index contributed by atoms with van der Waals surface area (Å²) in [6, 6.07) is 55.1. The molecule has 49 heavy (non-hydrogen) atoms. The van der Waals surface area contributed by atoms with Crippen molar-refractivity contribution >= 4 is 54.6 Å². The molecule has 4 heteroatoms. The molecule has 0 N–H and O–H groups in total. The first kappa shape index (κ1) is 25.6. The maximum atomic E-state index is 8.95. The fourth-order valence-electron chi connectivity index (χ4n) is 7.11. The van der Waals surface area contributed by atoms with Crippen molar-refractivity contribution in [3.63, 3.8) is 0 Å². The Kier molecular flexibility index (Phi) is 5.76. The Hall–Kier alpha value is -6.52. The summed E-state index contributed by atoms with van der Waals surface area (Å²) in [5, 5.41) is 6.21. The lowest BCUT2D eigenvalue weighted by Crippen LogP contribution is -2.02. The van der Waals surface area contributed by atoms with Crippen LogP contribution in [0, 0.1) is 0 Å². The number of nitrogens with zero attached hydrogens (tertiary/aromatic N) is 3. The highest BCUT2D eigenvalue weighted by Gasteiger charge is 2.23. The van der Waals surface area contributed by atoms with E-state index in [0.717, 1.165) is 71.6 Å². The maximum Gasteiger partial charge on any atom is 0.227 e. The van der Waals surface area contributed by atoms with Crippen LogP contribution in [-0.2, 0) is 6.37 Å². The number of aromatic nitrogens is 3. The van der Waals surface area contributed by atoms with Gasteiger partial charge < -0.3 is 4.42 Å². The summed E-state index contributed by atoms with van der Waals surface area (Å²) in [5.41, 5.74) is 7.80. The van der Waals surface area contributed by atoms with Crippen LogP contribution in [0.15, 0.2) is 168 Å². The highest BCUT2D eigenvalue weighted by Crippen LogP contribution is 2.42. The van der Waals surface area contributed by atoms with Crippen molar-refractivity contribution in [1.29, 1.82) is 0 Å². The third kappa shape index (κ3) is 4.53. The van der Waals surface area contributed by atoms with Crippen molar-refractivity contribution in [2.45, 2.75) is 6.37 Å². The zero-order chi connectivity index (χ0) is 34.1. The molecule has 4 nitrogen and oxygen atoms in total. The Morgan fingerprint density at radius 3 is 2.10 bits per heavy atom. The third-order valence-corrected chi connectivity index (χ3v) is 9.38. The van der Waals surface area contributed by atoms with E-state index < -0.39 is 6.37 Å². The van der Waals surface area contributed by atoms with Crippen LogP contribution in [0.25, 0.3) is 82.8 Å². The molecule has 10 rings (SSSR count). The molecule has 3 heterocycles. The molecule has 0 saturated heterocycles. The van der Waals surface area contributed by atoms with Crippen molar-refractivity contribution in [1.82, 2.24) is 14.5 Å². The van der Waals surface area contributed by atoms with Gasteiger partial charge in [-0.2, -0.15) is 0 Å². The first-order chi connectivity index (χ1) is 25.0. The molecule has 0 fully saturated rings. The van der Waals surface area contributed by atoms with E-state index >= 15 is 0 Å². The van der Waals surface area contributed by atoms with Crippen LogP contribution in [0.2, 0.25) is 0 Å². The summed E-state index contributed by atoms with van der Waals surface area (Å²) in [4.78, 5) is 10.2. The lowest BCUT2D eigenvalue weighted by molar-refractivity contribution is 0.652.